The zero-order valence-electron chi connectivity index (χ0n) is 8.86. The van der Waals surface area contributed by atoms with Crippen LogP contribution >= 0.6 is 0 Å². The van der Waals surface area contributed by atoms with Gasteiger partial charge in [0.2, 0.25) is 0 Å². The van der Waals surface area contributed by atoms with Gasteiger partial charge in [-0.1, -0.05) is 0 Å². The molecule has 1 N–H and O–H groups in total. The molecule has 0 aromatic heterocycles. The van der Waals surface area contributed by atoms with Crippen LogP contribution in [0.2, 0.25) is 0 Å². The smallest absolute Gasteiger partial charge is 0.314 e. The maximum absolute atomic E-state index is 13.3. The largest absolute Gasteiger partial charge is 0.494 e. The van der Waals surface area contributed by atoms with Gasteiger partial charge in [-0.05, 0) is 25.1 Å². The van der Waals surface area contributed by atoms with E-state index in [0.717, 1.165) is 6.07 Å². The van der Waals surface area contributed by atoms with Gasteiger partial charge < -0.3 is 9.84 Å². The molecule has 0 spiro atoms. The first kappa shape index (κ1) is 12.2. The summed E-state index contributed by atoms with van der Waals surface area (Å²) in [7, 11) is 1.31. The summed E-state index contributed by atoms with van der Waals surface area (Å²) in [6.07, 6.45) is 0. The Morgan fingerprint density at radius 1 is 1.44 bits per heavy atom. The van der Waals surface area contributed by atoms with Crippen molar-refractivity contribution in [1.29, 1.82) is 0 Å². The van der Waals surface area contributed by atoms with E-state index < -0.39 is 23.5 Å². The van der Waals surface area contributed by atoms with Crippen LogP contribution in [0.1, 0.15) is 17.3 Å². The minimum absolute atomic E-state index is 0.0135. The number of methoxy groups -OCH3 is 1. The molecule has 0 amide bonds. The maximum Gasteiger partial charge on any atom is 0.314 e. The highest BCUT2D eigenvalue weighted by Crippen LogP contribution is 2.19. The number of benzene rings is 1. The zero-order valence-corrected chi connectivity index (χ0v) is 8.86. The molecule has 1 atom stereocenters. The lowest BCUT2D eigenvalue weighted by Crippen LogP contribution is -2.20. The van der Waals surface area contributed by atoms with Crippen molar-refractivity contribution in [1.82, 2.24) is 0 Å². The molecule has 0 radical (unpaired) electrons. The van der Waals surface area contributed by atoms with Crippen molar-refractivity contribution in [3.05, 3.63) is 29.6 Å². The SMILES string of the molecule is COc1ccc(C(=O)C(C)C(=O)O)cc1F. The molecule has 86 valence electrons. The molecule has 0 bridgehead atoms. The summed E-state index contributed by atoms with van der Waals surface area (Å²) in [6.45, 7) is 1.26. The van der Waals surface area contributed by atoms with E-state index in [9.17, 15) is 14.0 Å². The fourth-order valence-corrected chi connectivity index (χ4v) is 1.18. The van der Waals surface area contributed by atoms with Gasteiger partial charge in [0.05, 0.1) is 7.11 Å². The zero-order chi connectivity index (χ0) is 12.3. The summed E-state index contributed by atoms with van der Waals surface area (Å²) in [5.41, 5.74) is 0.0215. The van der Waals surface area contributed by atoms with Gasteiger partial charge in [0.1, 0.15) is 5.92 Å². The van der Waals surface area contributed by atoms with Crippen LogP contribution in [0.15, 0.2) is 18.2 Å². The van der Waals surface area contributed by atoms with Crippen LogP contribution in [0, 0.1) is 11.7 Å². The Bertz CT molecular complexity index is 428. The minimum Gasteiger partial charge on any atom is -0.494 e. The molecule has 0 aliphatic carbocycles. The lowest BCUT2D eigenvalue weighted by atomic mass is 9.99. The van der Waals surface area contributed by atoms with Gasteiger partial charge in [0.15, 0.2) is 17.3 Å². The number of carbonyl (C=O) groups is 2. The van der Waals surface area contributed by atoms with Crippen molar-refractivity contribution in [2.75, 3.05) is 7.11 Å². The molecule has 0 aliphatic rings. The predicted molar refractivity (Wildman–Crippen MR) is 54.1 cm³/mol. The topological polar surface area (TPSA) is 63.6 Å². The van der Waals surface area contributed by atoms with E-state index in [1.54, 1.807) is 0 Å². The summed E-state index contributed by atoms with van der Waals surface area (Å²) in [4.78, 5) is 22.1. The Kier molecular flexibility index (Phi) is 3.60. The van der Waals surface area contributed by atoms with Crippen molar-refractivity contribution in [2.24, 2.45) is 5.92 Å². The van der Waals surface area contributed by atoms with E-state index in [0.29, 0.717) is 0 Å². The Labute approximate surface area is 91.7 Å². The molecule has 16 heavy (non-hydrogen) atoms. The van der Waals surface area contributed by atoms with Crippen LogP contribution in [0.5, 0.6) is 5.75 Å². The van der Waals surface area contributed by atoms with Gasteiger partial charge in [0, 0.05) is 5.56 Å². The highest BCUT2D eigenvalue weighted by molar-refractivity contribution is 6.07. The second-order valence-corrected chi connectivity index (χ2v) is 3.27. The van der Waals surface area contributed by atoms with Crippen LogP contribution in [0.3, 0.4) is 0 Å². The molecule has 0 fully saturated rings. The molecule has 0 heterocycles. The molecule has 0 aliphatic heterocycles. The maximum atomic E-state index is 13.3. The molecule has 1 unspecified atom stereocenters. The number of halogens is 1. The number of ether oxygens (including phenoxy) is 1. The third-order valence-electron chi connectivity index (χ3n) is 2.20. The van der Waals surface area contributed by atoms with Gasteiger partial charge in [-0.3, -0.25) is 9.59 Å². The van der Waals surface area contributed by atoms with Crippen molar-refractivity contribution in [2.45, 2.75) is 6.92 Å². The van der Waals surface area contributed by atoms with Gasteiger partial charge in [-0.15, -0.1) is 0 Å². The molecular formula is C11H11FO4. The Morgan fingerprint density at radius 3 is 2.50 bits per heavy atom. The fraction of sp³-hybridized carbons (Fsp3) is 0.273. The molecule has 0 saturated carbocycles. The van der Waals surface area contributed by atoms with Crippen molar-refractivity contribution >= 4 is 11.8 Å². The first-order valence-corrected chi connectivity index (χ1v) is 4.58. The number of hydrogen-bond donors (Lipinski definition) is 1. The molecule has 1 aromatic rings. The molecule has 1 rings (SSSR count). The van der Waals surface area contributed by atoms with E-state index in [4.69, 9.17) is 5.11 Å². The van der Waals surface area contributed by atoms with Crippen LogP contribution in [0.25, 0.3) is 0 Å². The average molecular weight is 226 g/mol. The van der Waals surface area contributed by atoms with E-state index in [2.05, 4.69) is 4.74 Å². The third-order valence-corrected chi connectivity index (χ3v) is 2.20. The van der Waals surface area contributed by atoms with Crippen LogP contribution in [0.4, 0.5) is 4.39 Å². The molecular weight excluding hydrogens is 215 g/mol. The molecule has 5 heteroatoms. The van der Waals surface area contributed by atoms with E-state index in [-0.39, 0.29) is 11.3 Å². The number of carboxylic acids is 1. The number of hydrogen-bond acceptors (Lipinski definition) is 3. The number of ketones is 1. The standard InChI is InChI=1S/C11H11FO4/c1-6(11(14)15)10(13)7-3-4-9(16-2)8(12)5-7/h3-6H,1-2H3,(H,14,15). The quantitative estimate of drug-likeness (QED) is 0.627. The highest BCUT2D eigenvalue weighted by Gasteiger charge is 2.22. The average Bonchev–Trinajstić information content (AvgIpc) is 2.26. The Morgan fingerprint density at radius 2 is 2.06 bits per heavy atom. The lowest BCUT2D eigenvalue weighted by molar-refractivity contribution is -0.139. The summed E-state index contributed by atoms with van der Waals surface area (Å²) in [5.74, 6) is -3.73. The van der Waals surface area contributed by atoms with Crippen LogP contribution in [-0.4, -0.2) is 24.0 Å². The fourth-order valence-electron chi connectivity index (χ4n) is 1.18. The second kappa shape index (κ2) is 4.74. The predicted octanol–water partition coefficient (Wildman–Crippen LogP) is 1.74. The van der Waals surface area contributed by atoms with Crippen LogP contribution in [-0.2, 0) is 4.79 Å². The number of rotatable bonds is 4. The molecule has 4 nitrogen and oxygen atoms in total. The lowest BCUT2D eigenvalue weighted by Gasteiger charge is -2.07. The minimum atomic E-state index is -1.23. The first-order chi connectivity index (χ1) is 7.47. The summed E-state index contributed by atoms with van der Waals surface area (Å²) in [5, 5.41) is 8.64. The van der Waals surface area contributed by atoms with Crippen molar-refractivity contribution < 1.29 is 23.8 Å². The van der Waals surface area contributed by atoms with Gasteiger partial charge in [-0.25, -0.2) is 4.39 Å². The van der Waals surface area contributed by atoms with E-state index in [1.165, 1.54) is 26.2 Å². The number of aliphatic carboxylic acids is 1. The normalized spacial score (nSPS) is 11.9. The second-order valence-electron chi connectivity index (χ2n) is 3.27. The van der Waals surface area contributed by atoms with Gasteiger partial charge in [0.25, 0.3) is 0 Å². The molecule has 1 aromatic carbocycles. The van der Waals surface area contributed by atoms with Gasteiger partial charge >= 0.3 is 5.97 Å². The first-order valence-electron chi connectivity index (χ1n) is 4.58. The Hall–Kier alpha value is -1.91. The summed E-state index contributed by atoms with van der Waals surface area (Å²) in [6, 6.07) is 3.60. The van der Waals surface area contributed by atoms with Crippen LogP contribution < -0.4 is 4.74 Å². The monoisotopic (exact) mass is 226 g/mol. The molecule has 0 saturated heterocycles. The third kappa shape index (κ3) is 2.36. The van der Waals surface area contributed by atoms with Crippen molar-refractivity contribution in [3.8, 4) is 5.75 Å². The highest BCUT2D eigenvalue weighted by atomic mass is 19.1. The van der Waals surface area contributed by atoms with Gasteiger partial charge in [-0.2, -0.15) is 0 Å². The van der Waals surface area contributed by atoms with Crippen molar-refractivity contribution in [3.63, 3.8) is 0 Å². The number of carbonyl (C=O) groups excluding carboxylic acids is 1. The number of carboxylic acid groups (broad SMARTS) is 1. The van der Waals surface area contributed by atoms with E-state index in [1.807, 2.05) is 0 Å². The number of Topliss-reactive ketones (excluding diaryl/α,β-unsaturated/α-hetero) is 1. The summed E-state index contributed by atoms with van der Waals surface area (Å²) < 4.78 is 17.9. The summed E-state index contributed by atoms with van der Waals surface area (Å²) >= 11 is 0. The van der Waals surface area contributed by atoms with E-state index >= 15 is 0 Å². The Balaban J connectivity index is 3.02.